The van der Waals surface area contributed by atoms with Crippen LogP contribution in [0.2, 0.25) is 0 Å². The number of carbonyl (C=O) groups excluding carboxylic acids is 2. The summed E-state index contributed by atoms with van der Waals surface area (Å²) in [5.74, 6) is -1.28. The molecule has 0 amide bonds. The second-order valence-electron chi connectivity index (χ2n) is 5.91. The second-order valence-corrected chi connectivity index (χ2v) is 5.91. The average Bonchev–Trinajstić information content (AvgIpc) is 2.56. The molecule has 0 aliphatic heterocycles. The molecule has 0 aliphatic rings. The van der Waals surface area contributed by atoms with Gasteiger partial charge in [-0.1, -0.05) is 19.9 Å². The maximum atomic E-state index is 12.8. The van der Waals surface area contributed by atoms with E-state index < -0.39 is 17.4 Å². The minimum Gasteiger partial charge on any atom is -0.469 e. The predicted molar refractivity (Wildman–Crippen MR) is 88.1 cm³/mol. The molecule has 0 saturated carbocycles. The van der Waals surface area contributed by atoms with Gasteiger partial charge in [0, 0.05) is 0 Å². The monoisotopic (exact) mass is 332 g/mol. The van der Waals surface area contributed by atoms with Gasteiger partial charge in [-0.15, -0.1) is 0 Å². The average molecular weight is 332 g/mol. The van der Waals surface area contributed by atoms with Crippen molar-refractivity contribution >= 4 is 22.9 Å². The lowest BCUT2D eigenvalue weighted by Crippen LogP contribution is -2.21. The van der Waals surface area contributed by atoms with Gasteiger partial charge < -0.3 is 13.9 Å². The number of benzene rings is 1. The number of fused-ring (bicyclic) bond motifs is 1. The summed E-state index contributed by atoms with van der Waals surface area (Å²) in [6, 6.07) is 5.25. The summed E-state index contributed by atoms with van der Waals surface area (Å²) in [7, 11) is 2.39. The first-order chi connectivity index (χ1) is 11.4. The molecule has 0 bridgehead atoms. The molecule has 1 aromatic heterocycles. The zero-order valence-electron chi connectivity index (χ0n) is 14.2. The predicted octanol–water partition coefficient (Wildman–Crippen LogP) is 2.49. The third-order valence-electron chi connectivity index (χ3n) is 3.61. The van der Waals surface area contributed by atoms with Gasteiger partial charge >= 0.3 is 11.9 Å². The minimum atomic E-state index is -0.806. The molecule has 0 spiro atoms. The standard InChI is InChI=1S/C18H20O6/c1-10(2)7-11-5-6-14-12(8-11)16(20)13(9-15(19)22-3)17(24-14)18(21)23-4/h5-6,8,10H,7,9H2,1-4H3. The van der Waals surface area contributed by atoms with Crippen molar-refractivity contribution in [1.82, 2.24) is 0 Å². The maximum absolute atomic E-state index is 12.8. The van der Waals surface area contributed by atoms with Gasteiger partial charge in [-0.3, -0.25) is 9.59 Å². The molecule has 0 saturated heterocycles. The van der Waals surface area contributed by atoms with Gasteiger partial charge in [0.15, 0.2) is 5.43 Å². The van der Waals surface area contributed by atoms with E-state index in [-0.39, 0.29) is 23.3 Å². The first-order valence-electron chi connectivity index (χ1n) is 7.61. The summed E-state index contributed by atoms with van der Waals surface area (Å²) in [6.45, 7) is 4.16. The number of ether oxygens (including phenoxy) is 2. The Balaban J connectivity index is 2.68. The summed E-state index contributed by atoms with van der Waals surface area (Å²) in [4.78, 5) is 36.3. The molecule has 1 aromatic carbocycles. The van der Waals surface area contributed by atoms with Crippen LogP contribution in [-0.2, 0) is 27.1 Å². The van der Waals surface area contributed by atoms with Crippen LogP contribution < -0.4 is 5.43 Å². The molecule has 6 nitrogen and oxygen atoms in total. The van der Waals surface area contributed by atoms with Crippen molar-refractivity contribution in [3.05, 3.63) is 45.3 Å². The molecule has 1 heterocycles. The Hall–Kier alpha value is -2.63. The Kier molecular flexibility index (Phi) is 5.39. The molecule has 6 heteroatoms. The Labute approximate surface area is 139 Å². The Morgan fingerprint density at radius 1 is 1.17 bits per heavy atom. The third kappa shape index (κ3) is 3.64. The Morgan fingerprint density at radius 2 is 1.88 bits per heavy atom. The quantitative estimate of drug-likeness (QED) is 0.782. The van der Waals surface area contributed by atoms with Crippen molar-refractivity contribution in [1.29, 1.82) is 0 Å². The first-order valence-corrected chi connectivity index (χ1v) is 7.61. The molecular formula is C18H20O6. The van der Waals surface area contributed by atoms with E-state index in [4.69, 9.17) is 4.42 Å². The van der Waals surface area contributed by atoms with Gasteiger partial charge in [0.2, 0.25) is 5.76 Å². The Morgan fingerprint density at radius 3 is 2.46 bits per heavy atom. The highest BCUT2D eigenvalue weighted by Crippen LogP contribution is 2.20. The highest BCUT2D eigenvalue weighted by Gasteiger charge is 2.23. The molecule has 128 valence electrons. The SMILES string of the molecule is COC(=O)Cc1c(C(=O)OC)oc2ccc(CC(C)C)cc2c1=O. The van der Waals surface area contributed by atoms with Gasteiger partial charge in [-0.25, -0.2) is 4.79 Å². The molecule has 2 aromatic rings. The smallest absolute Gasteiger partial charge is 0.374 e. The molecule has 0 radical (unpaired) electrons. The highest BCUT2D eigenvalue weighted by atomic mass is 16.5. The lowest BCUT2D eigenvalue weighted by atomic mass is 10.00. The van der Waals surface area contributed by atoms with Gasteiger partial charge in [0.25, 0.3) is 0 Å². The highest BCUT2D eigenvalue weighted by molar-refractivity contribution is 5.92. The Bertz CT molecular complexity index is 831. The zero-order valence-corrected chi connectivity index (χ0v) is 14.2. The number of hydrogen-bond acceptors (Lipinski definition) is 6. The molecule has 24 heavy (non-hydrogen) atoms. The van der Waals surface area contributed by atoms with Crippen LogP contribution in [0.15, 0.2) is 27.4 Å². The molecule has 0 atom stereocenters. The summed E-state index contributed by atoms with van der Waals surface area (Å²) in [6.07, 6.45) is 0.452. The molecule has 0 unspecified atom stereocenters. The fraction of sp³-hybridized carbons (Fsp3) is 0.389. The van der Waals surface area contributed by atoms with E-state index in [9.17, 15) is 14.4 Å². The van der Waals surface area contributed by atoms with Crippen molar-refractivity contribution in [2.75, 3.05) is 14.2 Å². The van der Waals surface area contributed by atoms with Crippen LogP contribution in [0.25, 0.3) is 11.0 Å². The maximum Gasteiger partial charge on any atom is 0.374 e. The van der Waals surface area contributed by atoms with Crippen LogP contribution in [0.3, 0.4) is 0 Å². The number of esters is 2. The fourth-order valence-electron chi connectivity index (χ4n) is 2.51. The van der Waals surface area contributed by atoms with E-state index >= 15 is 0 Å². The normalized spacial score (nSPS) is 10.9. The van der Waals surface area contributed by atoms with Crippen molar-refractivity contribution in [2.24, 2.45) is 5.92 Å². The van der Waals surface area contributed by atoms with E-state index in [1.54, 1.807) is 12.1 Å². The van der Waals surface area contributed by atoms with Crippen molar-refractivity contribution in [2.45, 2.75) is 26.7 Å². The van der Waals surface area contributed by atoms with Gasteiger partial charge in [0.05, 0.1) is 31.6 Å². The van der Waals surface area contributed by atoms with Gasteiger partial charge in [-0.05, 0) is 30.0 Å². The third-order valence-corrected chi connectivity index (χ3v) is 3.61. The zero-order chi connectivity index (χ0) is 17.9. The van der Waals surface area contributed by atoms with E-state index in [1.165, 1.54) is 14.2 Å². The molecule has 0 fully saturated rings. The number of rotatable bonds is 5. The lowest BCUT2D eigenvalue weighted by Gasteiger charge is -2.10. The number of carbonyl (C=O) groups is 2. The van der Waals surface area contributed by atoms with Gasteiger partial charge in [-0.2, -0.15) is 0 Å². The molecule has 2 rings (SSSR count). The fourth-order valence-corrected chi connectivity index (χ4v) is 2.51. The van der Waals surface area contributed by atoms with E-state index in [0.717, 1.165) is 12.0 Å². The van der Waals surface area contributed by atoms with Crippen LogP contribution in [0.1, 0.15) is 35.5 Å². The summed E-state index contributed by atoms with van der Waals surface area (Å²) in [5.41, 5.74) is 0.789. The largest absolute Gasteiger partial charge is 0.469 e. The van der Waals surface area contributed by atoms with Crippen LogP contribution in [-0.4, -0.2) is 26.2 Å². The van der Waals surface area contributed by atoms with Crippen molar-refractivity contribution < 1.29 is 23.5 Å². The van der Waals surface area contributed by atoms with Crippen LogP contribution >= 0.6 is 0 Å². The van der Waals surface area contributed by atoms with Crippen LogP contribution in [0.4, 0.5) is 0 Å². The van der Waals surface area contributed by atoms with Gasteiger partial charge in [0.1, 0.15) is 5.58 Å². The van der Waals surface area contributed by atoms with Crippen molar-refractivity contribution in [3.8, 4) is 0 Å². The molecule has 0 N–H and O–H groups in total. The second kappa shape index (κ2) is 7.29. The molecular weight excluding hydrogens is 312 g/mol. The topological polar surface area (TPSA) is 82.8 Å². The van der Waals surface area contributed by atoms with Crippen LogP contribution in [0.5, 0.6) is 0 Å². The summed E-state index contributed by atoms with van der Waals surface area (Å²) >= 11 is 0. The molecule has 0 aliphatic carbocycles. The lowest BCUT2D eigenvalue weighted by molar-refractivity contribution is -0.139. The minimum absolute atomic E-state index is 0.0529. The van der Waals surface area contributed by atoms with E-state index in [2.05, 4.69) is 23.3 Å². The number of methoxy groups -OCH3 is 2. The van der Waals surface area contributed by atoms with E-state index in [0.29, 0.717) is 11.3 Å². The first kappa shape index (κ1) is 17.7. The summed E-state index contributed by atoms with van der Waals surface area (Å²) in [5, 5.41) is 0.333. The number of hydrogen-bond donors (Lipinski definition) is 0. The van der Waals surface area contributed by atoms with E-state index in [1.807, 2.05) is 6.07 Å². The van der Waals surface area contributed by atoms with Crippen LogP contribution in [0, 0.1) is 5.92 Å². The summed E-state index contributed by atoms with van der Waals surface area (Å²) < 4.78 is 14.8. The van der Waals surface area contributed by atoms with Crippen molar-refractivity contribution in [3.63, 3.8) is 0 Å².